The molecule has 2 unspecified atom stereocenters. The van der Waals surface area contributed by atoms with Crippen LogP contribution in [0.15, 0.2) is 46.8 Å². The maximum atomic E-state index is 12.6. The molecule has 1 aliphatic heterocycles. The molecule has 0 spiro atoms. The van der Waals surface area contributed by atoms with Crippen LogP contribution in [0.2, 0.25) is 0 Å². The third-order valence-corrected chi connectivity index (χ3v) is 4.01. The molecular formula is C18H18N4O4. The van der Waals surface area contributed by atoms with Crippen molar-refractivity contribution in [2.45, 2.75) is 26.2 Å². The molecule has 2 atom stereocenters. The Morgan fingerprint density at radius 2 is 2.12 bits per heavy atom. The summed E-state index contributed by atoms with van der Waals surface area (Å²) < 4.78 is 5.14. The lowest BCUT2D eigenvalue weighted by Crippen LogP contribution is -2.99. The SMILES string of the molecule is CC1=C(C#N)C(c2cccc([NH+]([O-])O)c2)C(C(=O)OCCC#N)=C(C)N1. The molecule has 1 aromatic carbocycles. The van der Waals surface area contributed by atoms with Gasteiger partial charge in [-0.3, -0.25) is 0 Å². The quantitative estimate of drug-likeness (QED) is 0.412. The number of nitrogens with zero attached hydrogens (tertiary/aromatic N) is 2. The summed E-state index contributed by atoms with van der Waals surface area (Å²) in [6.07, 6.45) is 0.0602. The van der Waals surface area contributed by atoms with Crippen molar-refractivity contribution in [3.63, 3.8) is 0 Å². The summed E-state index contributed by atoms with van der Waals surface area (Å²) in [4.78, 5) is 12.6. The van der Waals surface area contributed by atoms with Crippen LogP contribution in [0.3, 0.4) is 0 Å². The number of allylic oxidation sites excluding steroid dienone is 3. The largest absolute Gasteiger partial charge is 0.595 e. The Morgan fingerprint density at radius 3 is 2.73 bits per heavy atom. The van der Waals surface area contributed by atoms with Gasteiger partial charge in [0.15, 0.2) is 5.69 Å². The van der Waals surface area contributed by atoms with Gasteiger partial charge in [0.1, 0.15) is 6.61 Å². The Kier molecular flexibility index (Phi) is 6.10. The van der Waals surface area contributed by atoms with Crippen molar-refractivity contribution < 1.29 is 20.0 Å². The predicted molar refractivity (Wildman–Crippen MR) is 90.3 cm³/mol. The fourth-order valence-corrected chi connectivity index (χ4v) is 2.86. The van der Waals surface area contributed by atoms with Gasteiger partial charge >= 0.3 is 5.97 Å². The number of carbonyl (C=O) groups is 1. The molecule has 0 radical (unpaired) electrons. The van der Waals surface area contributed by atoms with Crippen LogP contribution < -0.4 is 10.5 Å². The van der Waals surface area contributed by atoms with Crippen LogP contribution in [-0.4, -0.2) is 17.8 Å². The number of nitriles is 2. The van der Waals surface area contributed by atoms with Crippen molar-refractivity contribution in [1.29, 1.82) is 10.5 Å². The Hall–Kier alpha value is -3.17. The van der Waals surface area contributed by atoms with Crippen LogP contribution in [0.4, 0.5) is 5.69 Å². The van der Waals surface area contributed by atoms with Crippen molar-refractivity contribution in [3.8, 4) is 12.1 Å². The highest BCUT2D eigenvalue weighted by atomic mass is 16.8. The molecule has 26 heavy (non-hydrogen) atoms. The molecule has 0 aromatic heterocycles. The third kappa shape index (κ3) is 3.90. The van der Waals surface area contributed by atoms with Gasteiger partial charge in [0.05, 0.1) is 35.6 Å². The van der Waals surface area contributed by atoms with Gasteiger partial charge in [0.2, 0.25) is 0 Å². The Balaban J connectivity index is 2.53. The van der Waals surface area contributed by atoms with Gasteiger partial charge in [0, 0.05) is 23.5 Å². The van der Waals surface area contributed by atoms with Gasteiger partial charge in [0.25, 0.3) is 0 Å². The molecule has 0 fully saturated rings. The van der Waals surface area contributed by atoms with Gasteiger partial charge < -0.3 is 15.3 Å². The zero-order chi connectivity index (χ0) is 19.3. The maximum Gasteiger partial charge on any atom is 0.336 e. The minimum Gasteiger partial charge on any atom is -0.595 e. The summed E-state index contributed by atoms with van der Waals surface area (Å²) in [5.74, 6) is -1.38. The number of esters is 1. The summed E-state index contributed by atoms with van der Waals surface area (Å²) in [6, 6.07) is 10.1. The fourth-order valence-electron chi connectivity index (χ4n) is 2.86. The number of dihydropyridines is 1. The molecule has 8 nitrogen and oxygen atoms in total. The lowest BCUT2D eigenvalue weighted by molar-refractivity contribution is -0.991. The molecule has 8 heteroatoms. The molecule has 2 rings (SSSR count). The molecule has 0 saturated carbocycles. The highest BCUT2D eigenvalue weighted by Crippen LogP contribution is 2.38. The number of rotatable bonds is 5. The van der Waals surface area contributed by atoms with E-state index in [-0.39, 0.29) is 24.3 Å². The summed E-state index contributed by atoms with van der Waals surface area (Å²) >= 11 is 0. The molecule has 0 bridgehead atoms. The van der Waals surface area contributed by atoms with E-state index in [1.165, 1.54) is 12.1 Å². The minimum absolute atomic E-state index is 0.0570. The smallest absolute Gasteiger partial charge is 0.336 e. The van der Waals surface area contributed by atoms with E-state index in [1.807, 2.05) is 6.07 Å². The van der Waals surface area contributed by atoms with E-state index >= 15 is 0 Å². The number of carbonyl (C=O) groups excluding carboxylic acids is 1. The van der Waals surface area contributed by atoms with E-state index in [2.05, 4.69) is 11.4 Å². The van der Waals surface area contributed by atoms with Gasteiger partial charge in [-0.05, 0) is 19.4 Å². The van der Waals surface area contributed by atoms with Gasteiger partial charge in [-0.15, -0.1) is 0 Å². The Labute approximate surface area is 150 Å². The summed E-state index contributed by atoms with van der Waals surface area (Å²) in [5, 5.41) is 40.6. The van der Waals surface area contributed by atoms with E-state index in [9.17, 15) is 20.5 Å². The molecule has 0 aliphatic carbocycles. The second kappa shape index (κ2) is 8.28. The highest BCUT2D eigenvalue weighted by molar-refractivity contribution is 5.93. The number of hydrogen-bond donors (Lipinski definition) is 3. The normalized spacial score (nSPS) is 17.8. The van der Waals surface area contributed by atoms with Crippen molar-refractivity contribution in [3.05, 3.63) is 57.6 Å². The molecule has 1 heterocycles. The second-order valence-electron chi connectivity index (χ2n) is 5.72. The first-order chi connectivity index (χ1) is 12.4. The molecule has 3 N–H and O–H groups in total. The number of quaternary nitrogens is 1. The van der Waals surface area contributed by atoms with E-state index in [0.29, 0.717) is 22.5 Å². The monoisotopic (exact) mass is 354 g/mol. The van der Waals surface area contributed by atoms with Crippen LogP contribution in [0.25, 0.3) is 0 Å². The van der Waals surface area contributed by atoms with Gasteiger partial charge in [-0.1, -0.05) is 12.1 Å². The first-order valence-electron chi connectivity index (χ1n) is 7.86. The number of benzene rings is 1. The van der Waals surface area contributed by atoms with Crippen molar-refractivity contribution in [1.82, 2.24) is 5.32 Å². The third-order valence-electron chi connectivity index (χ3n) is 4.01. The lowest BCUT2D eigenvalue weighted by atomic mass is 9.81. The van der Waals surface area contributed by atoms with E-state index in [0.717, 1.165) is 0 Å². The highest BCUT2D eigenvalue weighted by Gasteiger charge is 2.34. The van der Waals surface area contributed by atoms with Gasteiger partial charge in [-0.2, -0.15) is 15.8 Å². The average molecular weight is 354 g/mol. The second-order valence-corrected chi connectivity index (χ2v) is 5.72. The molecule has 1 aliphatic rings. The Morgan fingerprint density at radius 1 is 1.38 bits per heavy atom. The van der Waals surface area contributed by atoms with Crippen LogP contribution in [-0.2, 0) is 9.53 Å². The fraction of sp³-hybridized carbons (Fsp3) is 0.278. The molecule has 0 amide bonds. The summed E-state index contributed by atoms with van der Waals surface area (Å²) in [5.41, 5.74) is 2.22. The molecule has 0 saturated heterocycles. The van der Waals surface area contributed by atoms with Crippen molar-refractivity contribution in [2.75, 3.05) is 6.61 Å². The number of hydrogen-bond acceptors (Lipinski definition) is 7. The number of ether oxygens (including phenoxy) is 1. The van der Waals surface area contributed by atoms with Crippen LogP contribution in [0.1, 0.15) is 31.7 Å². The van der Waals surface area contributed by atoms with E-state index in [1.54, 1.807) is 26.0 Å². The topological polar surface area (TPSA) is 134 Å². The van der Waals surface area contributed by atoms with Crippen LogP contribution in [0.5, 0.6) is 0 Å². The number of nitrogens with one attached hydrogen (secondary N) is 2. The van der Waals surface area contributed by atoms with Crippen LogP contribution >= 0.6 is 0 Å². The molecule has 134 valence electrons. The average Bonchev–Trinajstić information content (AvgIpc) is 2.61. The predicted octanol–water partition coefficient (Wildman–Crippen LogP) is 1.31. The zero-order valence-electron chi connectivity index (χ0n) is 14.4. The summed E-state index contributed by atoms with van der Waals surface area (Å²) in [7, 11) is 0. The van der Waals surface area contributed by atoms with Crippen LogP contribution in [0, 0.1) is 27.9 Å². The first-order valence-corrected chi connectivity index (χ1v) is 7.86. The zero-order valence-corrected chi connectivity index (χ0v) is 14.4. The maximum absolute atomic E-state index is 12.6. The van der Waals surface area contributed by atoms with Crippen molar-refractivity contribution in [2.24, 2.45) is 0 Å². The molecular weight excluding hydrogens is 336 g/mol. The minimum atomic E-state index is -1.10. The first kappa shape index (κ1) is 19.2. The van der Waals surface area contributed by atoms with E-state index < -0.39 is 17.1 Å². The van der Waals surface area contributed by atoms with E-state index in [4.69, 9.17) is 10.00 Å². The standard InChI is InChI=1S/C18H18N4O4/c1-11-15(10-20)17(13-5-3-6-14(9-13)22(24)25)16(12(2)21-11)18(23)26-8-4-7-19/h3,5-6,9,17,21-22,24H,4,8H2,1-2H3. The van der Waals surface area contributed by atoms with Gasteiger partial charge in [-0.25, -0.2) is 10.0 Å². The molecule has 1 aromatic rings. The van der Waals surface area contributed by atoms with Crippen molar-refractivity contribution >= 4 is 11.7 Å². The Bertz CT molecular complexity index is 859. The summed E-state index contributed by atoms with van der Waals surface area (Å²) in [6.45, 7) is 3.35. The lowest BCUT2D eigenvalue weighted by Gasteiger charge is -2.28.